The van der Waals surface area contributed by atoms with E-state index in [2.05, 4.69) is 15.6 Å². The lowest BCUT2D eigenvalue weighted by Gasteiger charge is -2.07. The van der Waals surface area contributed by atoms with E-state index in [0.717, 1.165) is 11.4 Å². The number of hydrogen-bond donors (Lipinski definition) is 1. The summed E-state index contributed by atoms with van der Waals surface area (Å²) in [5.41, 5.74) is 1.86. The summed E-state index contributed by atoms with van der Waals surface area (Å²) in [4.78, 5) is 12.4. The Bertz CT molecular complexity index is 941. The molecule has 0 spiro atoms. The highest BCUT2D eigenvalue weighted by molar-refractivity contribution is 6.31. The van der Waals surface area contributed by atoms with Crippen LogP contribution in [0.1, 0.15) is 23.1 Å². The van der Waals surface area contributed by atoms with Crippen LogP contribution in [0, 0.1) is 12.7 Å². The Balaban J connectivity index is 1.81. The number of benzene rings is 2. The summed E-state index contributed by atoms with van der Waals surface area (Å²) in [6.07, 6.45) is 0. The van der Waals surface area contributed by atoms with Crippen LogP contribution in [0.4, 0.5) is 10.1 Å². The SMILES string of the molecule is CCOc1ccc(-n2nnc(C(=O)Nc3ccc(F)c(Cl)c3)c2C)cc1. The molecule has 3 aromatic rings. The lowest BCUT2D eigenvalue weighted by molar-refractivity contribution is 0.102. The minimum atomic E-state index is -0.553. The summed E-state index contributed by atoms with van der Waals surface area (Å²) in [5, 5.41) is 10.5. The number of aromatic nitrogens is 3. The van der Waals surface area contributed by atoms with Crippen LogP contribution in [0.3, 0.4) is 0 Å². The van der Waals surface area contributed by atoms with Gasteiger partial charge in [-0.15, -0.1) is 5.10 Å². The lowest BCUT2D eigenvalue weighted by Crippen LogP contribution is -2.14. The molecule has 0 aliphatic carbocycles. The molecule has 0 aliphatic rings. The highest BCUT2D eigenvalue weighted by Crippen LogP contribution is 2.21. The van der Waals surface area contributed by atoms with Gasteiger partial charge in [-0.1, -0.05) is 16.8 Å². The molecule has 134 valence electrons. The van der Waals surface area contributed by atoms with Gasteiger partial charge in [0.05, 0.1) is 23.0 Å². The van der Waals surface area contributed by atoms with Gasteiger partial charge in [0.1, 0.15) is 11.6 Å². The van der Waals surface area contributed by atoms with Crippen LogP contribution in [0.5, 0.6) is 5.75 Å². The van der Waals surface area contributed by atoms with Gasteiger partial charge in [-0.3, -0.25) is 4.79 Å². The molecular formula is C18H16ClFN4O2. The summed E-state index contributed by atoms with van der Waals surface area (Å²) in [7, 11) is 0. The first-order valence-corrected chi connectivity index (χ1v) is 8.29. The molecule has 26 heavy (non-hydrogen) atoms. The molecule has 6 nitrogen and oxygen atoms in total. The first kappa shape index (κ1) is 17.9. The molecule has 1 N–H and O–H groups in total. The fourth-order valence-electron chi connectivity index (χ4n) is 2.40. The Hall–Kier alpha value is -2.93. The number of ether oxygens (including phenoxy) is 1. The molecule has 0 saturated heterocycles. The van der Waals surface area contributed by atoms with Crippen molar-refractivity contribution in [3.63, 3.8) is 0 Å². The largest absolute Gasteiger partial charge is 0.494 e. The number of halogens is 2. The Morgan fingerprint density at radius 1 is 1.27 bits per heavy atom. The Labute approximate surface area is 154 Å². The van der Waals surface area contributed by atoms with Crippen molar-refractivity contribution in [2.45, 2.75) is 13.8 Å². The van der Waals surface area contributed by atoms with E-state index in [-0.39, 0.29) is 10.7 Å². The van der Waals surface area contributed by atoms with Crippen molar-refractivity contribution < 1.29 is 13.9 Å². The van der Waals surface area contributed by atoms with E-state index in [0.29, 0.717) is 18.0 Å². The number of rotatable bonds is 5. The van der Waals surface area contributed by atoms with Gasteiger partial charge in [0, 0.05) is 5.69 Å². The summed E-state index contributed by atoms with van der Waals surface area (Å²) in [6, 6.07) is 11.2. The average Bonchev–Trinajstić information content (AvgIpc) is 3.01. The molecule has 3 rings (SSSR count). The molecule has 1 amide bonds. The monoisotopic (exact) mass is 374 g/mol. The Morgan fingerprint density at radius 3 is 2.65 bits per heavy atom. The van der Waals surface area contributed by atoms with Gasteiger partial charge in [-0.2, -0.15) is 0 Å². The molecule has 1 heterocycles. The Morgan fingerprint density at radius 2 is 2.00 bits per heavy atom. The van der Waals surface area contributed by atoms with Gasteiger partial charge in [-0.05, 0) is 56.3 Å². The number of hydrogen-bond acceptors (Lipinski definition) is 4. The molecule has 2 aromatic carbocycles. The number of nitrogens with zero attached hydrogens (tertiary/aromatic N) is 3. The van der Waals surface area contributed by atoms with Gasteiger partial charge in [0.2, 0.25) is 0 Å². The molecule has 0 bridgehead atoms. The standard InChI is InChI=1S/C18H16ClFN4O2/c1-3-26-14-7-5-13(6-8-14)24-11(2)17(22-23-24)18(25)21-12-4-9-16(20)15(19)10-12/h4-10H,3H2,1-2H3,(H,21,25). The molecule has 0 saturated carbocycles. The normalized spacial score (nSPS) is 10.6. The number of carbonyl (C=O) groups is 1. The van der Waals surface area contributed by atoms with Crippen molar-refractivity contribution in [1.82, 2.24) is 15.0 Å². The third-order valence-corrected chi connectivity index (χ3v) is 3.97. The number of amides is 1. The number of carbonyl (C=O) groups excluding carboxylic acids is 1. The van der Waals surface area contributed by atoms with Crippen LogP contribution in [0.2, 0.25) is 5.02 Å². The summed E-state index contributed by atoms with van der Waals surface area (Å²) < 4.78 is 20.2. The van der Waals surface area contributed by atoms with E-state index < -0.39 is 11.7 Å². The van der Waals surface area contributed by atoms with E-state index in [4.69, 9.17) is 16.3 Å². The maximum atomic E-state index is 13.2. The molecule has 0 atom stereocenters. The van der Waals surface area contributed by atoms with Crippen LogP contribution in [-0.4, -0.2) is 27.5 Å². The van der Waals surface area contributed by atoms with Crippen molar-refractivity contribution >= 4 is 23.2 Å². The summed E-state index contributed by atoms with van der Waals surface area (Å²) >= 11 is 5.73. The van der Waals surface area contributed by atoms with Crippen molar-refractivity contribution in [2.24, 2.45) is 0 Å². The van der Waals surface area contributed by atoms with E-state index >= 15 is 0 Å². The topological polar surface area (TPSA) is 69.0 Å². The third kappa shape index (κ3) is 3.67. The van der Waals surface area contributed by atoms with Crippen molar-refractivity contribution in [2.75, 3.05) is 11.9 Å². The predicted molar refractivity (Wildman–Crippen MR) is 96.6 cm³/mol. The second-order valence-electron chi connectivity index (χ2n) is 5.45. The number of anilines is 1. The fraction of sp³-hybridized carbons (Fsp3) is 0.167. The first-order chi connectivity index (χ1) is 12.5. The van der Waals surface area contributed by atoms with Crippen LogP contribution in [0.25, 0.3) is 5.69 Å². The zero-order valence-corrected chi connectivity index (χ0v) is 14.9. The molecule has 8 heteroatoms. The smallest absolute Gasteiger partial charge is 0.278 e. The van der Waals surface area contributed by atoms with Gasteiger partial charge < -0.3 is 10.1 Å². The van der Waals surface area contributed by atoms with Crippen LogP contribution >= 0.6 is 11.6 Å². The third-order valence-electron chi connectivity index (χ3n) is 3.68. The molecule has 0 radical (unpaired) electrons. The van der Waals surface area contributed by atoms with Gasteiger partial charge in [0.15, 0.2) is 5.69 Å². The number of nitrogens with one attached hydrogen (secondary N) is 1. The van der Waals surface area contributed by atoms with Crippen molar-refractivity contribution in [3.05, 3.63) is 64.7 Å². The first-order valence-electron chi connectivity index (χ1n) is 7.91. The maximum absolute atomic E-state index is 13.2. The molecule has 0 unspecified atom stereocenters. The van der Waals surface area contributed by atoms with Crippen LogP contribution in [0.15, 0.2) is 42.5 Å². The van der Waals surface area contributed by atoms with Crippen LogP contribution in [-0.2, 0) is 0 Å². The summed E-state index contributed by atoms with van der Waals surface area (Å²) in [5.74, 6) is -0.259. The molecule has 1 aromatic heterocycles. The second-order valence-corrected chi connectivity index (χ2v) is 5.85. The molecular weight excluding hydrogens is 359 g/mol. The van der Waals surface area contributed by atoms with E-state index in [1.54, 1.807) is 11.6 Å². The van der Waals surface area contributed by atoms with E-state index in [1.165, 1.54) is 18.2 Å². The highest BCUT2D eigenvalue weighted by Gasteiger charge is 2.18. The summed E-state index contributed by atoms with van der Waals surface area (Å²) in [6.45, 7) is 4.23. The second kappa shape index (κ2) is 7.53. The van der Waals surface area contributed by atoms with Crippen molar-refractivity contribution in [3.8, 4) is 11.4 Å². The molecule has 0 aliphatic heterocycles. The predicted octanol–water partition coefficient (Wildman–Crippen LogP) is 4.02. The zero-order chi connectivity index (χ0) is 18.7. The quantitative estimate of drug-likeness (QED) is 0.732. The molecule has 0 fully saturated rings. The lowest BCUT2D eigenvalue weighted by atomic mass is 10.2. The van der Waals surface area contributed by atoms with E-state index in [1.807, 2.05) is 31.2 Å². The van der Waals surface area contributed by atoms with E-state index in [9.17, 15) is 9.18 Å². The van der Waals surface area contributed by atoms with Crippen LogP contribution < -0.4 is 10.1 Å². The highest BCUT2D eigenvalue weighted by atomic mass is 35.5. The zero-order valence-electron chi connectivity index (χ0n) is 14.2. The van der Waals surface area contributed by atoms with Gasteiger partial charge in [-0.25, -0.2) is 9.07 Å². The Kier molecular flexibility index (Phi) is 5.18. The minimum Gasteiger partial charge on any atom is -0.494 e. The minimum absolute atomic E-state index is 0.0717. The fourth-order valence-corrected chi connectivity index (χ4v) is 2.58. The van der Waals surface area contributed by atoms with Gasteiger partial charge >= 0.3 is 0 Å². The van der Waals surface area contributed by atoms with Crippen molar-refractivity contribution in [1.29, 1.82) is 0 Å². The van der Waals surface area contributed by atoms with Gasteiger partial charge in [0.25, 0.3) is 5.91 Å². The maximum Gasteiger partial charge on any atom is 0.278 e. The average molecular weight is 375 g/mol.